The van der Waals surface area contributed by atoms with E-state index in [0.29, 0.717) is 33.8 Å². The topological polar surface area (TPSA) is 44.1 Å². The summed E-state index contributed by atoms with van der Waals surface area (Å²) in [7, 11) is 1.59. The fraction of sp³-hybridized carbons (Fsp3) is 0.273. The number of thiophene rings is 1. The van der Waals surface area contributed by atoms with Gasteiger partial charge in [0.25, 0.3) is 0 Å². The van der Waals surface area contributed by atoms with E-state index in [1.807, 2.05) is 0 Å². The molecule has 0 N–H and O–H groups in total. The summed E-state index contributed by atoms with van der Waals surface area (Å²) in [6.07, 6.45) is 1.45. The zero-order valence-electron chi connectivity index (χ0n) is 9.52. The minimum absolute atomic E-state index is 0.214. The van der Waals surface area contributed by atoms with Crippen molar-refractivity contribution in [1.82, 2.24) is 9.78 Å². The number of hydrogen-bond acceptors (Lipinski definition) is 4. The molecule has 0 amide bonds. The van der Waals surface area contributed by atoms with E-state index in [4.69, 9.17) is 27.9 Å². The van der Waals surface area contributed by atoms with Gasteiger partial charge in [0.15, 0.2) is 0 Å². The minimum atomic E-state index is -0.214. The highest BCUT2D eigenvalue weighted by molar-refractivity contribution is 7.13. The van der Waals surface area contributed by atoms with Crippen molar-refractivity contribution in [2.24, 2.45) is 0 Å². The van der Waals surface area contributed by atoms with E-state index in [1.165, 1.54) is 22.2 Å². The molecule has 0 bridgehead atoms. The molecule has 2 heterocycles. The summed E-state index contributed by atoms with van der Waals surface area (Å²) in [6, 6.07) is 1.68. The molecule has 18 heavy (non-hydrogen) atoms. The van der Waals surface area contributed by atoms with Crippen molar-refractivity contribution < 1.29 is 9.53 Å². The number of carbonyl (C=O) groups is 1. The van der Waals surface area contributed by atoms with Gasteiger partial charge in [-0.05, 0) is 11.4 Å². The number of nitrogens with zero attached hydrogens (tertiary/aromatic N) is 2. The first-order chi connectivity index (χ1) is 8.65. The molecule has 7 heteroatoms. The lowest BCUT2D eigenvalue weighted by Gasteiger charge is -2.06. The molecule has 0 unspecified atom stereocenters. The van der Waals surface area contributed by atoms with Gasteiger partial charge in [0.05, 0.1) is 34.3 Å². The van der Waals surface area contributed by atoms with Crippen LogP contribution in [0.15, 0.2) is 17.6 Å². The Kier molecular flexibility index (Phi) is 4.40. The number of ketones is 1. The number of rotatable bonds is 5. The maximum absolute atomic E-state index is 12.3. The van der Waals surface area contributed by atoms with Crippen LogP contribution in [0.5, 0.6) is 0 Å². The van der Waals surface area contributed by atoms with E-state index in [2.05, 4.69) is 5.10 Å². The van der Waals surface area contributed by atoms with Gasteiger partial charge in [-0.25, -0.2) is 0 Å². The van der Waals surface area contributed by atoms with Crippen LogP contribution in [0.2, 0.25) is 10.0 Å². The first-order valence-corrected chi connectivity index (χ1v) is 6.76. The lowest BCUT2D eigenvalue weighted by atomic mass is 10.2. The Morgan fingerprint density at radius 3 is 2.89 bits per heavy atom. The Labute approximate surface area is 118 Å². The van der Waals surface area contributed by atoms with Crippen molar-refractivity contribution in [3.8, 4) is 0 Å². The lowest BCUT2D eigenvalue weighted by Crippen LogP contribution is -2.14. The summed E-state index contributed by atoms with van der Waals surface area (Å²) in [4.78, 5) is 12.8. The molecule has 0 saturated carbocycles. The number of hydrogen-bond donors (Lipinski definition) is 0. The molecule has 0 radical (unpaired) electrons. The monoisotopic (exact) mass is 304 g/mol. The predicted molar refractivity (Wildman–Crippen MR) is 71.9 cm³/mol. The largest absolute Gasteiger partial charge is 0.383 e. The van der Waals surface area contributed by atoms with E-state index in [1.54, 1.807) is 18.6 Å². The summed E-state index contributed by atoms with van der Waals surface area (Å²) >= 11 is 13.2. The third kappa shape index (κ3) is 2.59. The molecule has 0 atom stereocenters. The van der Waals surface area contributed by atoms with E-state index < -0.39 is 0 Å². The number of carbonyl (C=O) groups excluding carboxylic acids is 1. The molecule has 2 aromatic rings. The SMILES string of the molecule is COCCn1ncc(Cl)c1C(=O)c1sccc1Cl. The highest BCUT2D eigenvalue weighted by Crippen LogP contribution is 2.27. The van der Waals surface area contributed by atoms with Crippen molar-refractivity contribution in [3.63, 3.8) is 0 Å². The van der Waals surface area contributed by atoms with Gasteiger partial charge >= 0.3 is 0 Å². The fourth-order valence-electron chi connectivity index (χ4n) is 1.50. The standard InChI is InChI=1S/C11H10Cl2N2O2S/c1-17-4-3-15-9(8(13)6-14-15)10(16)11-7(12)2-5-18-11/h2,5-6H,3-4H2,1H3. The third-order valence-corrected chi connectivity index (χ3v) is 3.96. The van der Waals surface area contributed by atoms with Crippen LogP contribution in [0.25, 0.3) is 0 Å². The van der Waals surface area contributed by atoms with Gasteiger partial charge in [0, 0.05) is 7.11 Å². The Hall–Kier alpha value is -0.880. The van der Waals surface area contributed by atoms with Crippen LogP contribution in [0.1, 0.15) is 15.4 Å². The molecule has 4 nitrogen and oxygen atoms in total. The Bertz CT molecular complexity index is 565. The van der Waals surface area contributed by atoms with Gasteiger partial charge in [0.1, 0.15) is 5.69 Å². The summed E-state index contributed by atoms with van der Waals surface area (Å²) in [5.74, 6) is -0.214. The molecule has 96 valence electrons. The van der Waals surface area contributed by atoms with Crippen molar-refractivity contribution in [2.45, 2.75) is 6.54 Å². The smallest absolute Gasteiger partial charge is 0.223 e. The second-order valence-corrected chi connectivity index (χ2v) is 5.21. The molecular formula is C11H10Cl2N2O2S. The van der Waals surface area contributed by atoms with Crippen LogP contribution in [-0.4, -0.2) is 29.3 Å². The minimum Gasteiger partial charge on any atom is -0.383 e. The fourth-order valence-corrected chi connectivity index (χ4v) is 2.81. The highest BCUT2D eigenvalue weighted by atomic mass is 35.5. The van der Waals surface area contributed by atoms with Crippen LogP contribution < -0.4 is 0 Å². The molecule has 0 aliphatic carbocycles. The number of halogens is 2. The maximum atomic E-state index is 12.3. The van der Waals surface area contributed by atoms with Gasteiger partial charge in [-0.1, -0.05) is 23.2 Å². The van der Waals surface area contributed by atoms with E-state index >= 15 is 0 Å². The van der Waals surface area contributed by atoms with Crippen molar-refractivity contribution in [1.29, 1.82) is 0 Å². The molecule has 0 spiro atoms. The van der Waals surface area contributed by atoms with Crippen LogP contribution in [0.4, 0.5) is 0 Å². The van der Waals surface area contributed by atoms with Crippen LogP contribution >= 0.6 is 34.5 Å². The Morgan fingerprint density at radius 1 is 1.50 bits per heavy atom. The van der Waals surface area contributed by atoms with Crippen LogP contribution in [0.3, 0.4) is 0 Å². The number of methoxy groups -OCH3 is 1. The molecule has 0 aliphatic rings. The lowest BCUT2D eigenvalue weighted by molar-refractivity contribution is 0.102. The van der Waals surface area contributed by atoms with Gasteiger partial charge in [-0.15, -0.1) is 11.3 Å². The van der Waals surface area contributed by atoms with Gasteiger partial charge < -0.3 is 4.74 Å². The van der Waals surface area contributed by atoms with E-state index in [-0.39, 0.29) is 5.78 Å². The Morgan fingerprint density at radius 2 is 2.28 bits per heavy atom. The van der Waals surface area contributed by atoms with E-state index in [0.717, 1.165) is 0 Å². The normalized spacial score (nSPS) is 10.8. The molecule has 0 fully saturated rings. The number of aromatic nitrogens is 2. The summed E-state index contributed by atoms with van der Waals surface area (Å²) in [6.45, 7) is 0.920. The molecule has 0 saturated heterocycles. The van der Waals surface area contributed by atoms with Crippen molar-refractivity contribution in [2.75, 3.05) is 13.7 Å². The van der Waals surface area contributed by atoms with Gasteiger partial charge in [-0.3, -0.25) is 9.48 Å². The Balaban J connectivity index is 2.35. The predicted octanol–water partition coefficient (Wildman–Crippen LogP) is 3.13. The summed E-state index contributed by atoms with van der Waals surface area (Å²) < 4.78 is 6.50. The van der Waals surface area contributed by atoms with Gasteiger partial charge in [0.2, 0.25) is 5.78 Å². The number of ether oxygens (including phenoxy) is 1. The molecule has 2 rings (SSSR count). The van der Waals surface area contributed by atoms with Crippen molar-refractivity contribution >= 4 is 40.3 Å². The maximum Gasteiger partial charge on any atom is 0.223 e. The highest BCUT2D eigenvalue weighted by Gasteiger charge is 2.22. The second-order valence-electron chi connectivity index (χ2n) is 3.48. The van der Waals surface area contributed by atoms with Crippen molar-refractivity contribution in [3.05, 3.63) is 38.3 Å². The quantitative estimate of drug-likeness (QED) is 0.797. The average Bonchev–Trinajstić information content (AvgIpc) is 2.92. The zero-order chi connectivity index (χ0) is 13.1. The average molecular weight is 305 g/mol. The molecule has 0 aromatic carbocycles. The first-order valence-electron chi connectivity index (χ1n) is 5.13. The van der Waals surface area contributed by atoms with Gasteiger partial charge in [-0.2, -0.15) is 5.10 Å². The van der Waals surface area contributed by atoms with E-state index in [9.17, 15) is 4.79 Å². The second kappa shape index (κ2) is 5.84. The molecular weight excluding hydrogens is 295 g/mol. The summed E-state index contributed by atoms with van der Waals surface area (Å²) in [5, 5.41) is 6.57. The molecule has 2 aromatic heterocycles. The summed E-state index contributed by atoms with van der Waals surface area (Å²) in [5.41, 5.74) is 0.345. The van der Waals surface area contributed by atoms with Crippen LogP contribution in [-0.2, 0) is 11.3 Å². The zero-order valence-corrected chi connectivity index (χ0v) is 11.8. The first kappa shape index (κ1) is 13.5. The van der Waals surface area contributed by atoms with Crippen LogP contribution in [0, 0.1) is 0 Å². The third-order valence-electron chi connectivity index (χ3n) is 2.34. The molecule has 0 aliphatic heterocycles.